The standard InChI is InChI=1S/C20H30N2O4S/c1-6-22(17-11-12-27(25,26)13-17)19(24)14(2)21-18(23)15-7-9-16(10-8-15)20(3,4)5/h7-10,14,17H,6,11-13H2,1-5H3,(H,21,23)/t14-,17?/m0/s1. The second kappa shape index (κ2) is 8.00. The maximum atomic E-state index is 12.7. The van der Waals surface area contributed by atoms with Crippen molar-refractivity contribution in [1.82, 2.24) is 10.2 Å². The number of benzene rings is 1. The lowest BCUT2D eigenvalue weighted by atomic mass is 9.86. The Morgan fingerprint density at radius 1 is 1.22 bits per heavy atom. The summed E-state index contributed by atoms with van der Waals surface area (Å²) in [4.78, 5) is 26.8. The van der Waals surface area contributed by atoms with Crippen molar-refractivity contribution >= 4 is 21.7 Å². The predicted molar refractivity (Wildman–Crippen MR) is 107 cm³/mol. The summed E-state index contributed by atoms with van der Waals surface area (Å²) < 4.78 is 23.4. The molecule has 1 N–H and O–H groups in total. The molecule has 0 saturated carbocycles. The number of hydrogen-bond acceptors (Lipinski definition) is 4. The summed E-state index contributed by atoms with van der Waals surface area (Å²) in [7, 11) is -3.07. The fourth-order valence-corrected chi connectivity index (χ4v) is 5.06. The second-order valence-corrected chi connectivity index (χ2v) is 10.4. The van der Waals surface area contributed by atoms with Gasteiger partial charge in [-0.05, 0) is 43.4 Å². The quantitative estimate of drug-likeness (QED) is 0.829. The molecule has 6 nitrogen and oxygen atoms in total. The van der Waals surface area contributed by atoms with Crippen molar-refractivity contribution in [2.24, 2.45) is 0 Å². The Balaban J connectivity index is 2.03. The third-order valence-electron chi connectivity index (χ3n) is 5.00. The van der Waals surface area contributed by atoms with Gasteiger partial charge in [-0.25, -0.2) is 8.42 Å². The average Bonchev–Trinajstić information content (AvgIpc) is 2.94. The van der Waals surface area contributed by atoms with E-state index >= 15 is 0 Å². The number of amides is 2. The molecule has 27 heavy (non-hydrogen) atoms. The molecule has 1 aliphatic heterocycles. The Kier molecular flexibility index (Phi) is 6.35. The number of likely N-dealkylation sites (N-methyl/N-ethyl adjacent to an activating group) is 1. The number of sulfone groups is 1. The topological polar surface area (TPSA) is 83.6 Å². The highest BCUT2D eigenvalue weighted by molar-refractivity contribution is 7.91. The number of nitrogens with zero attached hydrogens (tertiary/aromatic N) is 1. The molecular formula is C20H30N2O4S. The molecule has 1 saturated heterocycles. The van der Waals surface area contributed by atoms with Crippen molar-refractivity contribution in [1.29, 1.82) is 0 Å². The summed E-state index contributed by atoms with van der Waals surface area (Å²) >= 11 is 0. The Morgan fingerprint density at radius 3 is 2.26 bits per heavy atom. The van der Waals surface area contributed by atoms with Gasteiger partial charge < -0.3 is 10.2 Å². The van der Waals surface area contributed by atoms with Crippen molar-refractivity contribution in [3.8, 4) is 0 Å². The highest BCUT2D eigenvalue weighted by Gasteiger charge is 2.35. The van der Waals surface area contributed by atoms with Crippen LogP contribution in [0, 0.1) is 0 Å². The molecule has 1 heterocycles. The Bertz CT molecular complexity index is 794. The van der Waals surface area contributed by atoms with E-state index in [4.69, 9.17) is 0 Å². The van der Waals surface area contributed by atoms with Crippen LogP contribution in [0.25, 0.3) is 0 Å². The smallest absolute Gasteiger partial charge is 0.251 e. The van der Waals surface area contributed by atoms with Gasteiger partial charge >= 0.3 is 0 Å². The number of rotatable bonds is 5. The van der Waals surface area contributed by atoms with Gasteiger partial charge in [0.15, 0.2) is 9.84 Å². The van der Waals surface area contributed by atoms with Gasteiger partial charge in [0.05, 0.1) is 11.5 Å². The highest BCUT2D eigenvalue weighted by atomic mass is 32.2. The summed E-state index contributed by atoms with van der Waals surface area (Å²) in [5.41, 5.74) is 1.62. The van der Waals surface area contributed by atoms with Gasteiger partial charge in [-0.1, -0.05) is 32.9 Å². The molecule has 1 fully saturated rings. The summed E-state index contributed by atoms with van der Waals surface area (Å²) in [5.74, 6) is -0.449. The summed E-state index contributed by atoms with van der Waals surface area (Å²) in [5, 5.41) is 2.73. The summed E-state index contributed by atoms with van der Waals surface area (Å²) in [6, 6.07) is 6.33. The molecule has 0 radical (unpaired) electrons. The van der Waals surface area contributed by atoms with E-state index in [-0.39, 0.29) is 34.8 Å². The van der Waals surface area contributed by atoms with E-state index in [2.05, 4.69) is 26.1 Å². The predicted octanol–water partition coefficient (Wildman–Crippen LogP) is 2.14. The Morgan fingerprint density at radius 2 is 1.81 bits per heavy atom. The minimum atomic E-state index is -3.07. The fourth-order valence-electron chi connectivity index (χ4n) is 3.33. The lowest BCUT2D eigenvalue weighted by Crippen LogP contribution is -2.51. The molecule has 2 amide bonds. The van der Waals surface area contributed by atoms with Crippen molar-refractivity contribution in [2.75, 3.05) is 18.1 Å². The normalized spacial score (nSPS) is 20.1. The van der Waals surface area contributed by atoms with Gasteiger partial charge in [-0.3, -0.25) is 9.59 Å². The van der Waals surface area contributed by atoms with Crippen LogP contribution in [-0.2, 0) is 20.0 Å². The van der Waals surface area contributed by atoms with Crippen molar-refractivity contribution in [3.63, 3.8) is 0 Å². The zero-order valence-electron chi connectivity index (χ0n) is 16.8. The zero-order valence-corrected chi connectivity index (χ0v) is 17.6. The highest BCUT2D eigenvalue weighted by Crippen LogP contribution is 2.22. The number of carbonyl (C=O) groups excluding carboxylic acids is 2. The van der Waals surface area contributed by atoms with E-state index in [0.29, 0.717) is 18.5 Å². The van der Waals surface area contributed by atoms with Gasteiger partial charge in [0, 0.05) is 18.2 Å². The van der Waals surface area contributed by atoms with E-state index in [1.54, 1.807) is 24.0 Å². The monoisotopic (exact) mass is 394 g/mol. The largest absolute Gasteiger partial charge is 0.341 e. The molecule has 150 valence electrons. The van der Waals surface area contributed by atoms with Crippen LogP contribution >= 0.6 is 0 Å². The van der Waals surface area contributed by atoms with Crippen molar-refractivity contribution in [3.05, 3.63) is 35.4 Å². The second-order valence-electron chi connectivity index (χ2n) is 8.20. The van der Waals surface area contributed by atoms with Crippen LogP contribution in [0.4, 0.5) is 0 Å². The van der Waals surface area contributed by atoms with Gasteiger partial charge in [-0.2, -0.15) is 0 Å². The van der Waals surface area contributed by atoms with Crippen molar-refractivity contribution < 1.29 is 18.0 Å². The van der Waals surface area contributed by atoms with Gasteiger partial charge in [0.2, 0.25) is 5.91 Å². The molecule has 0 spiro atoms. The van der Waals surface area contributed by atoms with Crippen LogP contribution in [0.5, 0.6) is 0 Å². The van der Waals surface area contributed by atoms with Gasteiger partial charge in [0.1, 0.15) is 6.04 Å². The third-order valence-corrected chi connectivity index (χ3v) is 6.75. The van der Waals surface area contributed by atoms with Crippen LogP contribution in [-0.4, -0.2) is 55.3 Å². The molecular weight excluding hydrogens is 364 g/mol. The average molecular weight is 395 g/mol. The Hall–Kier alpha value is -1.89. The van der Waals surface area contributed by atoms with E-state index < -0.39 is 15.9 Å². The van der Waals surface area contributed by atoms with E-state index in [1.807, 2.05) is 19.1 Å². The molecule has 0 aliphatic carbocycles. The van der Waals surface area contributed by atoms with Crippen LogP contribution in [0.1, 0.15) is 57.0 Å². The SMILES string of the molecule is CCN(C(=O)[C@H](C)NC(=O)c1ccc(C(C)(C)C)cc1)C1CCS(=O)(=O)C1. The molecule has 1 aliphatic rings. The third kappa shape index (κ3) is 5.31. The van der Waals surface area contributed by atoms with Crippen LogP contribution in [0.2, 0.25) is 0 Å². The zero-order chi connectivity index (χ0) is 20.4. The van der Waals surface area contributed by atoms with E-state index in [1.165, 1.54) is 0 Å². The molecule has 1 unspecified atom stereocenters. The van der Waals surface area contributed by atoms with E-state index in [0.717, 1.165) is 5.56 Å². The van der Waals surface area contributed by atoms with Gasteiger partial charge in [0.25, 0.3) is 5.91 Å². The fraction of sp³-hybridized carbons (Fsp3) is 0.600. The molecule has 0 aromatic heterocycles. The van der Waals surface area contributed by atoms with Crippen molar-refractivity contribution in [2.45, 2.75) is 58.5 Å². The minimum Gasteiger partial charge on any atom is -0.341 e. The first-order chi connectivity index (χ1) is 12.4. The first-order valence-electron chi connectivity index (χ1n) is 9.37. The first-order valence-corrected chi connectivity index (χ1v) is 11.2. The maximum Gasteiger partial charge on any atom is 0.251 e. The first kappa shape index (κ1) is 21.4. The molecule has 2 atom stereocenters. The van der Waals surface area contributed by atoms with Crippen LogP contribution in [0.3, 0.4) is 0 Å². The lowest BCUT2D eigenvalue weighted by molar-refractivity contribution is -0.134. The van der Waals surface area contributed by atoms with Crippen LogP contribution in [0.15, 0.2) is 24.3 Å². The van der Waals surface area contributed by atoms with Crippen LogP contribution < -0.4 is 5.32 Å². The Labute approximate surface area is 162 Å². The molecule has 0 bridgehead atoms. The lowest BCUT2D eigenvalue weighted by Gasteiger charge is -2.29. The summed E-state index contributed by atoms with van der Waals surface area (Å²) in [6.45, 7) is 10.2. The molecule has 1 aromatic carbocycles. The molecule has 7 heteroatoms. The number of carbonyl (C=O) groups is 2. The summed E-state index contributed by atoms with van der Waals surface area (Å²) in [6.07, 6.45) is 0.455. The maximum absolute atomic E-state index is 12.7. The molecule has 2 rings (SSSR count). The molecule has 1 aromatic rings. The van der Waals surface area contributed by atoms with E-state index in [9.17, 15) is 18.0 Å². The number of hydrogen-bond donors (Lipinski definition) is 1. The minimum absolute atomic E-state index is 0.00150. The number of nitrogens with one attached hydrogen (secondary N) is 1. The van der Waals surface area contributed by atoms with Gasteiger partial charge in [-0.15, -0.1) is 0 Å².